The molecule has 1 nitrogen and oxygen atoms in total. The highest BCUT2D eigenvalue weighted by Gasteiger charge is 2.32. The van der Waals surface area contributed by atoms with Crippen LogP contribution in [-0.4, -0.2) is 12.6 Å². The highest BCUT2D eigenvalue weighted by Crippen LogP contribution is 2.40. The van der Waals surface area contributed by atoms with E-state index in [1.807, 2.05) is 0 Å². The number of nitrogens with one attached hydrogen (secondary N) is 1. The predicted molar refractivity (Wildman–Crippen MR) is 88.9 cm³/mol. The van der Waals surface area contributed by atoms with Gasteiger partial charge in [-0.3, -0.25) is 0 Å². The maximum absolute atomic E-state index is 3.80. The molecule has 0 radical (unpaired) electrons. The zero-order valence-corrected chi connectivity index (χ0v) is 14.2. The fourth-order valence-electron chi connectivity index (χ4n) is 4.03. The average Bonchev–Trinajstić information content (AvgIpc) is 3.26. The molecule has 2 rings (SSSR count). The third-order valence-corrected chi connectivity index (χ3v) is 5.80. The molecule has 118 valence electrons. The fourth-order valence-corrected chi connectivity index (χ4v) is 4.03. The third kappa shape index (κ3) is 5.39. The normalized spacial score (nSPS) is 30.9. The number of hydrogen-bond donors (Lipinski definition) is 1. The van der Waals surface area contributed by atoms with Crippen LogP contribution in [0.15, 0.2) is 0 Å². The molecule has 0 heterocycles. The highest BCUT2D eigenvalue weighted by molar-refractivity contribution is 4.86. The first-order chi connectivity index (χ1) is 9.70. The van der Waals surface area contributed by atoms with E-state index in [2.05, 4.69) is 26.1 Å². The maximum Gasteiger partial charge on any atom is 0.00683 e. The van der Waals surface area contributed by atoms with Gasteiger partial charge in [0.15, 0.2) is 0 Å². The second-order valence-corrected chi connectivity index (χ2v) is 7.87. The molecule has 0 spiro atoms. The molecule has 20 heavy (non-hydrogen) atoms. The van der Waals surface area contributed by atoms with Crippen molar-refractivity contribution in [2.45, 2.75) is 91.0 Å². The number of unbranched alkanes of at least 4 members (excludes halogenated alkanes) is 3. The van der Waals surface area contributed by atoms with Crippen molar-refractivity contribution < 1.29 is 0 Å². The van der Waals surface area contributed by atoms with Crippen LogP contribution in [0.25, 0.3) is 0 Å². The first-order valence-corrected chi connectivity index (χ1v) is 9.44. The van der Waals surface area contributed by atoms with Crippen LogP contribution >= 0.6 is 0 Å². The van der Waals surface area contributed by atoms with Gasteiger partial charge in [0, 0.05) is 6.04 Å². The molecule has 0 saturated heterocycles. The molecule has 2 fully saturated rings. The van der Waals surface area contributed by atoms with Crippen molar-refractivity contribution in [2.24, 2.45) is 23.7 Å². The Labute approximate surface area is 127 Å². The summed E-state index contributed by atoms with van der Waals surface area (Å²) in [5, 5.41) is 3.80. The molecular formula is C19H37N. The second kappa shape index (κ2) is 8.41. The standard InChI is InChI=1S/C19H37N/c1-4-5-6-7-8-17-13-16(15(2)3)9-10-18(17)14-20-19-11-12-19/h15-20H,4-14H2,1-3H3. The van der Waals surface area contributed by atoms with Crippen molar-refractivity contribution in [1.82, 2.24) is 5.32 Å². The second-order valence-electron chi connectivity index (χ2n) is 7.87. The Balaban J connectivity index is 1.76. The zero-order chi connectivity index (χ0) is 14.4. The molecule has 3 atom stereocenters. The van der Waals surface area contributed by atoms with Gasteiger partial charge in [0.05, 0.1) is 0 Å². The van der Waals surface area contributed by atoms with E-state index in [-0.39, 0.29) is 0 Å². The molecule has 0 aliphatic heterocycles. The average molecular weight is 280 g/mol. The van der Waals surface area contributed by atoms with Gasteiger partial charge in [-0.15, -0.1) is 0 Å². The summed E-state index contributed by atoms with van der Waals surface area (Å²) in [6.45, 7) is 8.49. The maximum atomic E-state index is 3.80. The van der Waals surface area contributed by atoms with Crippen LogP contribution in [0, 0.1) is 23.7 Å². The van der Waals surface area contributed by atoms with E-state index in [4.69, 9.17) is 0 Å². The minimum absolute atomic E-state index is 0.888. The monoisotopic (exact) mass is 279 g/mol. The highest BCUT2D eigenvalue weighted by atomic mass is 14.9. The number of hydrogen-bond acceptors (Lipinski definition) is 1. The van der Waals surface area contributed by atoms with Gasteiger partial charge >= 0.3 is 0 Å². The fraction of sp³-hybridized carbons (Fsp3) is 1.00. The van der Waals surface area contributed by atoms with Crippen LogP contribution < -0.4 is 5.32 Å². The molecule has 0 bridgehead atoms. The Morgan fingerprint density at radius 3 is 2.40 bits per heavy atom. The van der Waals surface area contributed by atoms with Crippen LogP contribution in [0.2, 0.25) is 0 Å². The van der Waals surface area contributed by atoms with Gasteiger partial charge in [0.25, 0.3) is 0 Å². The topological polar surface area (TPSA) is 12.0 Å². The van der Waals surface area contributed by atoms with Gasteiger partial charge in [-0.2, -0.15) is 0 Å². The molecule has 2 aliphatic rings. The first kappa shape index (κ1) is 16.3. The van der Waals surface area contributed by atoms with Gasteiger partial charge < -0.3 is 5.32 Å². The summed E-state index contributed by atoms with van der Waals surface area (Å²) in [5.74, 6) is 3.89. The summed E-state index contributed by atoms with van der Waals surface area (Å²) in [5.41, 5.74) is 0. The zero-order valence-electron chi connectivity index (χ0n) is 14.2. The summed E-state index contributed by atoms with van der Waals surface area (Å²) in [4.78, 5) is 0. The smallest absolute Gasteiger partial charge is 0.00683 e. The minimum atomic E-state index is 0.888. The molecule has 0 aromatic rings. The van der Waals surface area contributed by atoms with Crippen LogP contribution in [0.4, 0.5) is 0 Å². The van der Waals surface area contributed by atoms with Crippen LogP contribution in [0.5, 0.6) is 0 Å². The van der Waals surface area contributed by atoms with Gasteiger partial charge in [0.2, 0.25) is 0 Å². The first-order valence-electron chi connectivity index (χ1n) is 9.44. The molecule has 2 aliphatic carbocycles. The summed E-state index contributed by atoms with van der Waals surface area (Å²) in [7, 11) is 0. The number of rotatable bonds is 9. The predicted octanol–water partition coefficient (Wildman–Crippen LogP) is 5.40. The van der Waals surface area contributed by atoms with E-state index >= 15 is 0 Å². The van der Waals surface area contributed by atoms with E-state index < -0.39 is 0 Å². The lowest BCUT2D eigenvalue weighted by molar-refractivity contribution is 0.135. The Morgan fingerprint density at radius 1 is 0.950 bits per heavy atom. The Hall–Kier alpha value is -0.0400. The lowest BCUT2D eigenvalue weighted by Gasteiger charge is -2.38. The van der Waals surface area contributed by atoms with Gasteiger partial charge in [-0.25, -0.2) is 0 Å². The van der Waals surface area contributed by atoms with Gasteiger partial charge in [0.1, 0.15) is 0 Å². The van der Waals surface area contributed by atoms with Gasteiger partial charge in [-0.1, -0.05) is 52.9 Å². The van der Waals surface area contributed by atoms with Crippen molar-refractivity contribution >= 4 is 0 Å². The summed E-state index contributed by atoms with van der Waals surface area (Å²) >= 11 is 0. The summed E-state index contributed by atoms with van der Waals surface area (Å²) in [6.07, 6.45) is 14.6. The van der Waals surface area contributed by atoms with Crippen LogP contribution in [-0.2, 0) is 0 Å². The van der Waals surface area contributed by atoms with Crippen molar-refractivity contribution in [2.75, 3.05) is 6.54 Å². The minimum Gasteiger partial charge on any atom is -0.314 e. The third-order valence-electron chi connectivity index (χ3n) is 5.80. The van der Waals surface area contributed by atoms with Crippen LogP contribution in [0.3, 0.4) is 0 Å². The van der Waals surface area contributed by atoms with E-state index in [1.165, 1.54) is 70.8 Å². The molecule has 0 amide bonds. The SMILES string of the molecule is CCCCCCC1CC(C(C)C)CCC1CNC1CC1. The van der Waals surface area contributed by atoms with E-state index in [9.17, 15) is 0 Å². The molecule has 0 aromatic carbocycles. The van der Waals surface area contributed by atoms with Crippen LogP contribution in [0.1, 0.15) is 85.0 Å². The van der Waals surface area contributed by atoms with Crippen molar-refractivity contribution in [1.29, 1.82) is 0 Å². The van der Waals surface area contributed by atoms with E-state index in [1.54, 1.807) is 0 Å². The summed E-state index contributed by atoms with van der Waals surface area (Å²) < 4.78 is 0. The van der Waals surface area contributed by atoms with Crippen molar-refractivity contribution in [3.8, 4) is 0 Å². The molecule has 3 unspecified atom stereocenters. The molecule has 1 N–H and O–H groups in total. The van der Waals surface area contributed by atoms with Crippen molar-refractivity contribution in [3.05, 3.63) is 0 Å². The van der Waals surface area contributed by atoms with Crippen molar-refractivity contribution in [3.63, 3.8) is 0 Å². The molecule has 0 aromatic heterocycles. The Kier molecular flexibility index (Phi) is 6.87. The van der Waals surface area contributed by atoms with E-state index in [0.29, 0.717) is 0 Å². The lowest BCUT2D eigenvalue weighted by Crippen LogP contribution is -2.35. The Morgan fingerprint density at radius 2 is 1.75 bits per heavy atom. The molecule has 2 saturated carbocycles. The van der Waals surface area contributed by atoms with Gasteiger partial charge in [-0.05, 0) is 62.3 Å². The Bertz CT molecular complexity index is 256. The summed E-state index contributed by atoms with van der Waals surface area (Å²) in [6, 6.07) is 0.888. The lowest BCUT2D eigenvalue weighted by atomic mass is 9.69. The van der Waals surface area contributed by atoms with E-state index in [0.717, 1.165) is 29.7 Å². The molecular weight excluding hydrogens is 242 g/mol. The molecule has 1 heteroatoms. The largest absolute Gasteiger partial charge is 0.314 e. The quantitative estimate of drug-likeness (QED) is 0.557.